The molecule has 25 heavy (non-hydrogen) atoms. The van der Waals surface area contributed by atoms with Gasteiger partial charge in [-0.05, 0) is 24.8 Å². The molecule has 2 heterocycles. The van der Waals surface area contributed by atoms with Crippen LogP contribution in [0.1, 0.15) is 36.0 Å². The summed E-state index contributed by atoms with van der Waals surface area (Å²) in [5.41, 5.74) is 1.16. The highest BCUT2D eigenvalue weighted by Crippen LogP contribution is 2.26. The number of amides is 1. The van der Waals surface area contributed by atoms with E-state index in [9.17, 15) is 9.90 Å². The molecule has 5 nitrogen and oxygen atoms in total. The van der Waals surface area contributed by atoms with Gasteiger partial charge in [-0.2, -0.15) is 0 Å². The van der Waals surface area contributed by atoms with Gasteiger partial charge in [0, 0.05) is 23.6 Å². The summed E-state index contributed by atoms with van der Waals surface area (Å²) in [6, 6.07) is 5.61. The van der Waals surface area contributed by atoms with Gasteiger partial charge < -0.3 is 19.7 Å². The van der Waals surface area contributed by atoms with E-state index in [2.05, 4.69) is 5.32 Å². The number of rotatable bonds is 5. The number of carbonyl (C=O) groups is 1. The van der Waals surface area contributed by atoms with Gasteiger partial charge in [-0.25, -0.2) is 0 Å². The second kappa shape index (κ2) is 6.50. The van der Waals surface area contributed by atoms with Crippen molar-refractivity contribution in [3.63, 3.8) is 0 Å². The molecule has 1 aliphatic carbocycles. The maximum Gasteiger partial charge on any atom is 0.253 e. The van der Waals surface area contributed by atoms with Crippen LogP contribution in [-0.4, -0.2) is 48.8 Å². The Morgan fingerprint density at radius 2 is 2.12 bits per heavy atom. The Labute approximate surface area is 148 Å². The highest BCUT2D eigenvalue weighted by atomic mass is 16.5. The van der Waals surface area contributed by atoms with Crippen molar-refractivity contribution in [2.45, 2.75) is 37.8 Å². The van der Waals surface area contributed by atoms with Crippen LogP contribution in [0.5, 0.6) is 0 Å². The smallest absolute Gasteiger partial charge is 0.253 e. The molecule has 1 aliphatic heterocycles. The molecule has 2 aromatic rings. The largest absolute Gasteiger partial charge is 0.383 e. The minimum Gasteiger partial charge on any atom is -0.383 e. The highest BCUT2D eigenvalue weighted by molar-refractivity contribution is 6.40. The Morgan fingerprint density at radius 1 is 1.36 bits per heavy atom. The van der Waals surface area contributed by atoms with Crippen LogP contribution in [0.15, 0.2) is 24.4 Å². The Balaban J connectivity index is 1.61. The van der Waals surface area contributed by atoms with E-state index < -0.39 is 5.60 Å². The first-order chi connectivity index (χ1) is 12.1. The molecule has 0 spiro atoms. The lowest BCUT2D eigenvalue weighted by molar-refractivity contribution is -0.184. The molecular weight excluding hydrogens is 315 g/mol. The molecule has 130 valence electrons. The molecule has 1 amide bonds. The molecule has 2 fully saturated rings. The third-order valence-electron chi connectivity index (χ3n) is 5.42. The third kappa shape index (κ3) is 3.21. The normalized spacial score (nSPS) is 19.9. The average Bonchev–Trinajstić information content (AvgIpc) is 3.20. The van der Waals surface area contributed by atoms with Crippen molar-refractivity contribution in [2.75, 3.05) is 19.8 Å². The van der Waals surface area contributed by atoms with E-state index in [0.29, 0.717) is 36.7 Å². The molecule has 1 aromatic carbocycles. The summed E-state index contributed by atoms with van der Waals surface area (Å²) in [4.78, 5) is 12.8. The lowest BCUT2D eigenvalue weighted by atomic mass is 9.90. The second-order valence-corrected chi connectivity index (χ2v) is 7.49. The number of fused-ring (bicyclic) bond motifs is 1. The fraction of sp³-hybridized carbons (Fsp3) is 0.526. The van der Waals surface area contributed by atoms with Crippen LogP contribution in [0, 0.1) is 5.92 Å². The van der Waals surface area contributed by atoms with Gasteiger partial charge in [-0.3, -0.25) is 4.79 Å². The van der Waals surface area contributed by atoms with E-state index >= 15 is 0 Å². The van der Waals surface area contributed by atoms with Crippen LogP contribution in [0.2, 0.25) is 0 Å². The van der Waals surface area contributed by atoms with Crippen LogP contribution in [0.25, 0.3) is 10.9 Å². The molecule has 2 N–H and O–H groups in total. The summed E-state index contributed by atoms with van der Waals surface area (Å²) >= 11 is 0. The fourth-order valence-electron chi connectivity index (χ4n) is 3.98. The zero-order chi connectivity index (χ0) is 17.4. The van der Waals surface area contributed by atoms with Crippen molar-refractivity contribution < 1.29 is 14.6 Å². The van der Waals surface area contributed by atoms with Crippen molar-refractivity contribution in [1.82, 2.24) is 9.88 Å². The van der Waals surface area contributed by atoms with Gasteiger partial charge in [0.1, 0.15) is 13.4 Å². The maximum atomic E-state index is 12.8. The monoisotopic (exact) mass is 338 g/mol. The summed E-state index contributed by atoms with van der Waals surface area (Å²) in [5.74, 6) is 0.493. The van der Waals surface area contributed by atoms with E-state index in [1.54, 1.807) is 6.20 Å². The van der Waals surface area contributed by atoms with Crippen molar-refractivity contribution in [2.24, 2.45) is 5.92 Å². The number of nitrogens with zero attached hydrogens (tertiary/aromatic N) is 1. The number of aromatic nitrogens is 1. The standard InChI is InChI=1S/C19H23BN2O3/c20-15-6-3-7-16-17(15)14(9-22(16)10-19(24)11-25-12-19)18(23)21-8-13-4-1-2-5-13/h3,6-7,9,13,24H,1-2,4-5,8,10-12H2,(H,21,23). The number of aliphatic hydroxyl groups is 1. The summed E-state index contributed by atoms with van der Waals surface area (Å²) in [7, 11) is 6.16. The molecule has 4 rings (SSSR count). The van der Waals surface area contributed by atoms with Crippen molar-refractivity contribution in [3.8, 4) is 0 Å². The predicted molar refractivity (Wildman–Crippen MR) is 97.4 cm³/mol. The maximum absolute atomic E-state index is 12.8. The van der Waals surface area contributed by atoms with Gasteiger partial charge in [0.2, 0.25) is 0 Å². The minimum atomic E-state index is -0.867. The van der Waals surface area contributed by atoms with Gasteiger partial charge in [0.15, 0.2) is 0 Å². The first kappa shape index (κ1) is 16.7. The van der Waals surface area contributed by atoms with E-state index in [1.807, 2.05) is 22.8 Å². The first-order valence-electron chi connectivity index (χ1n) is 9.01. The Bertz CT molecular complexity index is 791. The zero-order valence-corrected chi connectivity index (χ0v) is 14.3. The lowest BCUT2D eigenvalue weighted by Gasteiger charge is -2.36. The number of benzene rings is 1. The SMILES string of the molecule is [B]c1cccc2c1c(C(=O)NCC1CCCC1)cn2CC1(O)COC1. The van der Waals surface area contributed by atoms with E-state index in [1.165, 1.54) is 25.7 Å². The molecule has 1 saturated carbocycles. The summed E-state index contributed by atoms with van der Waals surface area (Å²) in [6.45, 7) is 1.75. The Kier molecular flexibility index (Phi) is 4.34. The topological polar surface area (TPSA) is 63.5 Å². The quantitative estimate of drug-likeness (QED) is 0.803. The van der Waals surface area contributed by atoms with Crippen molar-refractivity contribution in [1.29, 1.82) is 0 Å². The van der Waals surface area contributed by atoms with Gasteiger partial charge >= 0.3 is 0 Å². The molecule has 2 radical (unpaired) electrons. The van der Waals surface area contributed by atoms with Gasteiger partial charge in [-0.15, -0.1) is 0 Å². The van der Waals surface area contributed by atoms with Crippen LogP contribution in [0.3, 0.4) is 0 Å². The Hall–Kier alpha value is -1.79. The van der Waals surface area contributed by atoms with E-state index in [0.717, 1.165) is 17.4 Å². The highest BCUT2D eigenvalue weighted by Gasteiger charge is 2.37. The molecule has 1 saturated heterocycles. The molecule has 2 aliphatic rings. The van der Waals surface area contributed by atoms with Crippen molar-refractivity contribution >= 4 is 30.1 Å². The van der Waals surface area contributed by atoms with E-state index in [-0.39, 0.29) is 5.91 Å². The van der Waals surface area contributed by atoms with Crippen molar-refractivity contribution in [3.05, 3.63) is 30.0 Å². The molecule has 1 aromatic heterocycles. The van der Waals surface area contributed by atoms with Crippen LogP contribution in [0.4, 0.5) is 0 Å². The predicted octanol–water partition coefficient (Wildman–Crippen LogP) is 1.12. The molecule has 6 heteroatoms. The Morgan fingerprint density at radius 3 is 2.80 bits per heavy atom. The second-order valence-electron chi connectivity index (χ2n) is 7.49. The number of hydrogen-bond acceptors (Lipinski definition) is 3. The zero-order valence-electron chi connectivity index (χ0n) is 14.3. The number of ether oxygens (including phenoxy) is 1. The van der Waals surface area contributed by atoms with Crippen LogP contribution < -0.4 is 10.8 Å². The average molecular weight is 338 g/mol. The first-order valence-corrected chi connectivity index (χ1v) is 9.01. The fourth-order valence-corrected chi connectivity index (χ4v) is 3.98. The molecular formula is C19H23BN2O3. The molecule has 0 bridgehead atoms. The summed E-state index contributed by atoms with van der Waals surface area (Å²) in [5, 5.41) is 14.2. The van der Waals surface area contributed by atoms with Gasteiger partial charge in [0.05, 0.1) is 25.3 Å². The van der Waals surface area contributed by atoms with Gasteiger partial charge in [0.25, 0.3) is 5.91 Å². The van der Waals surface area contributed by atoms with Crippen LogP contribution in [-0.2, 0) is 11.3 Å². The van der Waals surface area contributed by atoms with E-state index in [4.69, 9.17) is 12.6 Å². The number of nitrogens with one attached hydrogen (secondary N) is 1. The molecule has 0 unspecified atom stereocenters. The van der Waals surface area contributed by atoms with Gasteiger partial charge in [-0.1, -0.05) is 30.4 Å². The number of carbonyl (C=O) groups excluding carboxylic acids is 1. The summed E-state index contributed by atoms with van der Waals surface area (Å²) < 4.78 is 7.04. The molecule has 0 atom stereocenters. The van der Waals surface area contributed by atoms with Crippen LogP contribution >= 0.6 is 0 Å². The number of hydrogen-bond donors (Lipinski definition) is 2. The third-order valence-corrected chi connectivity index (χ3v) is 5.42. The lowest BCUT2D eigenvalue weighted by Crippen LogP contribution is -2.52. The summed E-state index contributed by atoms with van der Waals surface area (Å²) in [6.07, 6.45) is 6.70. The minimum absolute atomic E-state index is 0.0922.